The van der Waals surface area contributed by atoms with Crippen LogP contribution in [0.15, 0.2) is 22.7 Å². The first kappa shape index (κ1) is 17.1. The van der Waals surface area contributed by atoms with E-state index in [9.17, 15) is 18.8 Å². The Bertz CT molecular complexity index is 551. The van der Waals surface area contributed by atoms with Crippen molar-refractivity contribution >= 4 is 39.5 Å². The molecule has 21 heavy (non-hydrogen) atoms. The van der Waals surface area contributed by atoms with Crippen LogP contribution in [0.1, 0.15) is 25.7 Å². The van der Waals surface area contributed by atoms with Crippen molar-refractivity contribution in [3.8, 4) is 0 Å². The number of carboxylic acids is 1. The second-order valence-electron chi connectivity index (χ2n) is 4.23. The summed E-state index contributed by atoms with van der Waals surface area (Å²) in [5.41, 5.74) is -0.0469. The third-order valence-corrected chi connectivity index (χ3v) is 2.97. The number of rotatable bonds is 6. The average Bonchev–Trinajstić information content (AvgIpc) is 2.38. The van der Waals surface area contributed by atoms with Crippen LogP contribution in [0, 0.1) is 5.82 Å². The predicted molar refractivity (Wildman–Crippen MR) is 77.4 cm³/mol. The SMILES string of the molecule is O=C(O)CCCCC(=O)NC(=O)Nc1ccc(Br)cc1F. The fraction of sp³-hybridized carbons (Fsp3) is 0.308. The monoisotopic (exact) mass is 360 g/mol. The number of nitrogens with one attached hydrogen (secondary N) is 2. The fourth-order valence-corrected chi connectivity index (χ4v) is 1.83. The summed E-state index contributed by atoms with van der Waals surface area (Å²) in [5, 5.41) is 12.7. The number of aliphatic carboxylic acids is 1. The van der Waals surface area contributed by atoms with Gasteiger partial charge in [-0.3, -0.25) is 14.9 Å². The second kappa shape index (κ2) is 8.35. The smallest absolute Gasteiger partial charge is 0.325 e. The Labute approximate surface area is 128 Å². The van der Waals surface area contributed by atoms with E-state index in [1.165, 1.54) is 12.1 Å². The summed E-state index contributed by atoms with van der Waals surface area (Å²) < 4.78 is 14.0. The highest BCUT2D eigenvalue weighted by molar-refractivity contribution is 9.10. The summed E-state index contributed by atoms with van der Waals surface area (Å²) in [4.78, 5) is 33.2. The summed E-state index contributed by atoms with van der Waals surface area (Å²) >= 11 is 3.08. The molecule has 114 valence electrons. The number of hydrogen-bond donors (Lipinski definition) is 3. The highest BCUT2D eigenvalue weighted by atomic mass is 79.9. The molecule has 6 nitrogen and oxygen atoms in total. The Morgan fingerprint density at radius 3 is 2.48 bits per heavy atom. The van der Waals surface area contributed by atoms with Crippen LogP contribution in [0.3, 0.4) is 0 Å². The van der Waals surface area contributed by atoms with E-state index in [0.29, 0.717) is 17.3 Å². The van der Waals surface area contributed by atoms with Crippen molar-refractivity contribution in [3.05, 3.63) is 28.5 Å². The molecule has 3 amide bonds. The van der Waals surface area contributed by atoms with E-state index in [-0.39, 0.29) is 18.5 Å². The molecule has 0 aliphatic heterocycles. The van der Waals surface area contributed by atoms with Crippen molar-refractivity contribution < 1.29 is 23.9 Å². The number of anilines is 1. The second-order valence-corrected chi connectivity index (χ2v) is 5.14. The molecule has 0 saturated heterocycles. The van der Waals surface area contributed by atoms with Crippen LogP contribution in [0.2, 0.25) is 0 Å². The maximum Gasteiger partial charge on any atom is 0.325 e. The van der Waals surface area contributed by atoms with E-state index in [4.69, 9.17) is 5.11 Å². The Morgan fingerprint density at radius 1 is 1.19 bits per heavy atom. The number of carbonyl (C=O) groups is 3. The van der Waals surface area contributed by atoms with Gasteiger partial charge in [0.1, 0.15) is 5.82 Å². The van der Waals surface area contributed by atoms with Gasteiger partial charge in [-0.05, 0) is 31.0 Å². The van der Waals surface area contributed by atoms with Crippen LogP contribution >= 0.6 is 15.9 Å². The van der Waals surface area contributed by atoms with Gasteiger partial charge >= 0.3 is 12.0 Å². The Kier molecular flexibility index (Phi) is 6.80. The Hall–Kier alpha value is -1.96. The van der Waals surface area contributed by atoms with E-state index in [2.05, 4.69) is 21.2 Å². The molecule has 0 fully saturated rings. The van der Waals surface area contributed by atoms with Crippen molar-refractivity contribution in [3.63, 3.8) is 0 Å². The molecule has 0 atom stereocenters. The van der Waals surface area contributed by atoms with Crippen LogP contribution in [0.25, 0.3) is 0 Å². The lowest BCUT2D eigenvalue weighted by atomic mass is 10.2. The van der Waals surface area contributed by atoms with Gasteiger partial charge < -0.3 is 10.4 Å². The number of amides is 3. The molecule has 1 aromatic carbocycles. The number of halogens is 2. The van der Waals surface area contributed by atoms with Crippen LogP contribution in [-0.2, 0) is 9.59 Å². The molecule has 0 unspecified atom stereocenters. The molecule has 8 heteroatoms. The van der Waals surface area contributed by atoms with E-state index < -0.39 is 23.7 Å². The molecule has 0 radical (unpaired) electrons. The zero-order chi connectivity index (χ0) is 15.8. The first-order chi connectivity index (χ1) is 9.88. The molecule has 0 spiro atoms. The van der Waals surface area contributed by atoms with Crippen LogP contribution < -0.4 is 10.6 Å². The zero-order valence-corrected chi connectivity index (χ0v) is 12.6. The highest BCUT2D eigenvalue weighted by Gasteiger charge is 2.10. The van der Waals surface area contributed by atoms with Gasteiger partial charge in [0.15, 0.2) is 0 Å². The van der Waals surface area contributed by atoms with Crippen LogP contribution in [0.4, 0.5) is 14.9 Å². The summed E-state index contributed by atoms with van der Waals surface area (Å²) in [6.07, 6.45) is 0.719. The third-order valence-electron chi connectivity index (χ3n) is 2.48. The maximum atomic E-state index is 13.5. The van der Waals surface area contributed by atoms with E-state index >= 15 is 0 Å². The average molecular weight is 361 g/mol. The first-order valence-corrected chi connectivity index (χ1v) is 6.95. The van der Waals surface area contributed by atoms with Gasteiger partial charge in [0.05, 0.1) is 5.69 Å². The van der Waals surface area contributed by atoms with Crippen molar-refractivity contribution in [1.82, 2.24) is 5.32 Å². The maximum absolute atomic E-state index is 13.5. The lowest BCUT2D eigenvalue weighted by molar-refractivity contribution is -0.137. The molecule has 0 bridgehead atoms. The zero-order valence-electron chi connectivity index (χ0n) is 11.0. The van der Waals surface area contributed by atoms with Crippen molar-refractivity contribution in [1.29, 1.82) is 0 Å². The fourth-order valence-electron chi connectivity index (χ4n) is 1.50. The van der Waals surface area contributed by atoms with Gasteiger partial charge in [-0.1, -0.05) is 15.9 Å². The van der Waals surface area contributed by atoms with Crippen LogP contribution in [-0.4, -0.2) is 23.0 Å². The first-order valence-electron chi connectivity index (χ1n) is 6.16. The number of carboxylic acid groups (broad SMARTS) is 1. The predicted octanol–water partition coefficient (Wildman–Crippen LogP) is 2.88. The molecule has 3 N–H and O–H groups in total. The molecule has 1 rings (SSSR count). The van der Waals surface area contributed by atoms with Gasteiger partial charge in [0, 0.05) is 17.3 Å². The lowest BCUT2D eigenvalue weighted by Gasteiger charge is -2.07. The van der Waals surface area contributed by atoms with Gasteiger partial charge in [-0.25, -0.2) is 9.18 Å². The number of hydrogen-bond acceptors (Lipinski definition) is 3. The van der Waals surface area contributed by atoms with E-state index in [0.717, 1.165) is 0 Å². The summed E-state index contributed by atoms with van der Waals surface area (Å²) in [6, 6.07) is 3.26. The molecule has 0 heterocycles. The van der Waals surface area contributed by atoms with E-state index in [1.54, 1.807) is 6.07 Å². The topological polar surface area (TPSA) is 95.5 Å². The molecule has 0 aromatic heterocycles. The normalized spacial score (nSPS) is 10.0. The molecular weight excluding hydrogens is 347 g/mol. The van der Waals surface area contributed by atoms with E-state index in [1.807, 2.05) is 5.32 Å². The number of carbonyl (C=O) groups excluding carboxylic acids is 2. The van der Waals surface area contributed by atoms with Crippen molar-refractivity contribution in [2.45, 2.75) is 25.7 Å². The van der Waals surface area contributed by atoms with Gasteiger partial charge in [0.2, 0.25) is 5.91 Å². The molecule has 0 aliphatic rings. The number of unbranched alkanes of at least 4 members (excludes halogenated alkanes) is 1. The minimum Gasteiger partial charge on any atom is -0.481 e. The van der Waals surface area contributed by atoms with Crippen molar-refractivity contribution in [2.24, 2.45) is 0 Å². The molecule has 0 aliphatic carbocycles. The Morgan fingerprint density at radius 2 is 1.86 bits per heavy atom. The number of benzene rings is 1. The highest BCUT2D eigenvalue weighted by Crippen LogP contribution is 2.19. The standard InChI is InChI=1S/C13H14BrFN2O4/c14-8-5-6-10(9(15)7-8)16-13(21)17-11(18)3-1-2-4-12(19)20/h5-7H,1-4H2,(H,19,20)(H2,16,17,18,21). The minimum absolute atomic E-state index is 0.0242. The van der Waals surface area contributed by atoms with Gasteiger partial charge in [-0.15, -0.1) is 0 Å². The molecular formula is C13H14BrFN2O4. The van der Waals surface area contributed by atoms with Gasteiger partial charge in [-0.2, -0.15) is 0 Å². The number of imide groups is 1. The summed E-state index contributed by atoms with van der Waals surface area (Å²) in [7, 11) is 0. The summed E-state index contributed by atoms with van der Waals surface area (Å²) in [6.45, 7) is 0. The number of urea groups is 1. The van der Waals surface area contributed by atoms with Crippen LogP contribution in [0.5, 0.6) is 0 Å². The Balaban J connectivity index is 2.36. The quantitative estimate of drug-likeness (QED) is 0.679. The third kappa shape index (κ3) is 6.84. The lowest BCUT2D eigenvalue weighted by Crippen LogP contribution is -2.34. The molecule has 0 saturated carbocycles. The minimum atomic E-state index is -0.932. The molecule has 1 aromatic rings. The van der Waals surface area contributed by atoms with Crippen molar-refractivity contribution in [2.75, 3.05) is 5.32 Å². The largest absolute Gasteiger partial charge is 0.481 e. The summed E-state index contributed by atoms with van der Waals surface area (Å²) in [5.74, 6) is -2.11. The van der Waals surface area contributed by atoms with Gasteiger partial charge in [0.25, 0.3) is 0 Å².